The van der Waals surface area contributed by atoms with Gasteiger partial charge in [-0.25, -0.2) is 4.98 Å². The van der Waals surface area contributed by atoms with Crippen LogP contribution >= 0.6 is 0 Å². The Labute approximate surface area is 128 Å². The molecule has 1 spiro atoms. The SMILES string of the molecule is COc1cncc(-c2cnc(N3CC4(COC4)C3)cc2N)c1. The summed E-state index contributed by atoms with van der Waals surface area (Å²) >= 11 is 0. The molecule has 2 fully saturated rings. The highest BCUT2D eigenvalue weighted by Crippen LogP contribution is 2.40. The summed E-state index contributed by atoms with van der Waals surface area (Å²) in [6.45, 7) is 3.73. The Hall–Kier alpha value is -2.34. The second-order valence-electron chi connectivity index (χ2n) is 6.09. The Morgan fingerprint density at radius 3 is 2.68 bits per heavy atom. The van der Waals surface area contributed by atoms with E-state index in [4.69, 9.17) is 15.2 Å². The van der Waals surface area contributed by atoms with Crippen molar-refractivity contribution in [1.29, 1.82) is 0 Å². The average Bonchev–Trinajstić information content (AvgIpc) is 2.44. The van der Waals surface area contributed by atoms with Crippen molar-refractivity contribution in [2.24, 2.45) is 5.41 Å². The van der Waals surface area contributed by atoms with Crippen molar-refractivity contribution >= 4 is 11.5 Å². The lowest BCUT2D eigenvalue weighted by atomic mass is 9.78. The van der Waals surface area contributed by atoms with Crippen molar-refractivity contribution < 1.29 is 9.47 Å². The highest BCUT2D eigenvalue weighted by Gasteiger charge is 2.49. The van der Waals surface area contributed by atoms with Crippen LogP contribution in [0.4, 0.5) is 11.5 Å². The van der Waals surface area contributed by atoms with E-state index < -0.39 is 0 Å². The largest absolute Gasteiger partial charge is 0.495 e. The Balaban J connectivity index is 1.57. The summed E-state index contributed by atoms with van der Waals surface area (Å²) < 4.78 is 10.5. The highest BCUT2D eigenvalue weighted by atomic mass is 16.5. The zero-order chi connectivity index (χ0) is 15.2. The number of pyridine rings is 2. The average molecular weight is 298 g/mol. The number of rotatable bonds is 3. The smallest absolute Gasteiger partial charge is 0.137 e. The number of methoxy groups -OCH3 is 1. The maximum atomic E-state index is 6.22. The lowest BCUT2D eigenvalue weighted by molar-refractivity contribution is -0.127. The molecule has 0 radical (unpaired) electrons. The number of hydrogen-bond acceptors (Lipinski definition) is 6. The van der Waals surface area contributed by atoms with Crippen LogP contribution in [0.3, 0.4) is 0 Å². The van der Waals surface area contributed by atoms with Gasteiger partial charge in [-0.1, -0.05) is 0 Å². The fourth-order valence-corrected chi connectivity index (χ4v) is 3.05. The number of hydrogen-bond donors (Lipinski definition) is 1. The number of anilines is 2. The first kappa shape index (κ1) is 13.3. The molecule has 0 bridgehead atoms. The van der Waals surface area contributed by atoms with E-state index in [1.165, 1.54) is 0 Å². The van der Waals surface area contributed by atoms with E-state index in [-0.39, 0.29) is 0 Å². The van der Waals surface area contributed by atoms with Crippen LogP contribution in [-0.4, -0.2) is 43.4 Å². The van der Waals surface area contributed by atoms with E-state index >= 15 is 0 Å². The Bertz CT molecular complexity index is 707. The number of nitrogen functional groups attached to an aromatic ring is 1. The summed E-state index contributed by atoms with van der Waals surface area (Å²) in [4.78, 5) is 11.0. The topological polar surface area (TPSA) is 73.5 Å². The van der Waals surface area contributed by atoms with Crippen LogP contribution < -0.4 is 15.4 Å². The summed E-state index contributed by atoms with van der Waals surface area (Å²) in [6, 6.07) is 3.84. The molecular weight excluding hydrogens is 280 g/mol. The third-order valence-corrected chi connectivity index (χ3v) is 4.37. The molecule has 2 aromatic rings. The van der Waals surface area contributed by atoms with Crippen LogP contribution in [0, 0.1) is 5.41 Å². The van der Waals surface area contributed by atoms with Gasteiger partial charge in [0.15, 0.2) is 0 Å². The van der Waals surface area contributed by atoms with Crippen molar-refractivity contribution in [3.8, 4) is 16.9 Å². The summed E-state index contributed by atoms with van der Waals surface area (Å²) in [5, 5.41) is 0. The van der Waals surface area contributed by atoms with Gasteiger partial charge in [0.2, 0.25) is 0 Å². The Morgan fingerprint density at radius 1 is 1.23 bits per heavy atom. The minimum Gasteiger partial charge on any atom is -0.495 e. The third-order valence-electron chi connectivity index (χ3n) is 4.37. The first-order chi connectivity index (χ1) is 10.7. The molecule has 2 aliphatic rings. The van der Waals surface area contributed by atoms with E-state index in [1.54, 1.807) is 19.5 Å². The zero-order valence-corrected chi connectivity index (χ0v) is 12.5. The first-order valence-corrected chi connectivity index (χ1v) is 7.27. The summed E-state index contributed by atoms with van der Waals surface area (Å²) in [6.07, 6.45) is 5.24. The van der Waals surface area contributed by atoms with Gasteiger partial charge >= 0.3 is 0 Å². The third kappa shape index (κ3) is 2.07. The van der Waals surface area contributed by atoms with Gasteiger partial charge in [-0.3, -0.25) is 4.98 Å². The molecule has 0 saturated carbocycles. The molecule has 2 saturated heterocycles. The second kappa shape index (κ2) is 4.84. The quantitative estimate of drug-likeness (QED) is 0.927. The van der Waals surface area contributed by atoms with E-state index in [1.807, 2.05) is 18.3 Å². The number of aromatic nitrogens is 2. The van der Waals surface area contributed by atoms with Gasteiger partial charge in [0.1, 0.15) is 11.6 Å². The molecule has 0 aromatic carbocycles. The van der Waals surface area contributed by atoms with Crippen molar-refractivity contribution in [1.82, 2.24) is 9.97 Å². The fraction of sp³-hybridized carbons (Fsp3) is 0.375. The van der Waals surface area contributed by atoms with E-state index in [0.29, 0.717) is 16.9 Å². The molecule has 22 heavy (non-hydrogen) atoms. The van der Waals surface area contributed by atoms with Gasteiger partial charge in [-0.15, -0.1) is 0 Å². The minimum atomic E-state index is 0.367. The van der Waals surface area contributed by atoms with Crippen LogP contribution in [0.25, 0.3) is 11.1 Å². The number of nitrogens with zero attached hydrogens (tertiary/aromatic N) is 3. The molecule has 6 heteroatoms. The van der Waals surface area contributed by atoms with Gasteiger partial charge in [0.25, 0.3) is 0 Å². The molecular formula is C16H18N4O2. The van der Waals surface area contributed by atoms with E-state index in [9.17, 15) is 0 Å². The molecule has 2 aromatic heterocycles. The summed E-state index contributed by atoms with van der Waals surface area (Å²) in [7, 11) is 1.62. The normalized spacial score (nSPS) is 18.7. The molecule has 0 atom stereocenters. The molecule has 0 amide bonds. The predicted molar refractivity (Wildman–Crippen MR) is 83.9 cm³/mol. The molecule has 2 aliphatic heterocycles. The van der Waals surface area contributed by atoms with Gasteiger partial charge < -0.3 is 20.1 Å². The maximum Gasteiger partial charge on any atom is 0.137 e. The second-order valence-corrected chi connectivity index (χ2v) is 6.09. The monoisotopic (exact) mass is 298 g/mol. The highest BCUT2D eigenvalue weighted by molar-refractivity contribution is 5.77. The van der Waals surface area contributed by atoms with Crippen molar-refractivity contribution in [2.75, 3.05) is 44.0 Å². The van der Waals surface area contributed by atoms with Gasteiger partial charge in [0.05, 0.1) is 31.9 Å². The number of nitrogens with two attached hydrogens (primary N) is 1. The fourth-order valence-electron chi connectivity index (χ4n) is 3.05. The molecule has 4 heterocycles. The van der Waals surface area contributed by atoms with Gasteiger partial charge in [-0.05, 0) is 6.07 Å². The van der Waals surface area contributed by atoms with Crippen LogP contribution in [0.15, 0.2) is 30.7 Å². The first-order valence-electron chi connectivity index (χ1n) is 7.27. The van der Waals surface area contributed by atoms with Crippen LogP contribution in [0.5, 0.6) is 5.75 Å². The standard InChI is InChI=1S/C16H18N4O2/c1-21-12-2-11(4-18-5-12)13-6-19-15(3-14(13)17)20-7-16(8-20)9-22-10-16/h2-6H,7-10H2,1H3,(H2,17,19). The molecule has 0 unspecified atom stereocenters. The lowest BCUT2D eigenvalue weighted by Gasteiger charge is -2.55. The van der Waals surface area contributed by atoms with E-state index in [0.717, 1.165) is 43.2 Å². The molecule has 2 N–H and O–H groups in total. The van der Waals surface area contributed by atoms with Crippen LogP contribution in [0.2, 0.25) is 0 Å². The van der Waals surface area contributed by atoms with Crippen LogP contribution in [0.1, 0.15) is 0 Å². The zero-order valence-electron chi connectivity index (χ0n) is 12.5. The van der Waals surface area contributed by atoms with Crippen molar-refractivity contribution in [3.63, 3.8) is 0 Å². The summed E-state index contributed by atoms with van der Waals surface area (Å²) in [5.74, 6) is 1.63. The minimum absolute atomic E-state index is 0.367. The number of ether oxygens (including phenoxy) is 2. The Kier molecular flexibility index (Phi) is 2.94. The van der Waals surface area contributed by atoms with Gasteiger partial charge in [0, 0.05) is 48.4 Å². The van der Waals surface area contributed by atoms with Crippen molar-refractivity contribution in [3.05, 3.63) is 30.7 Å². The molecule has 0 aliphatic carbocycles. The Morgan fingerprint density at radius 2 is 2.05 bits per heavy atom. The molecule has 4 rings (SSSR count). The van der Waals surface area contributed by atoms with Crippen molar-refractivity contribution in [2.45, 2.75) is 0 Å². The van der Waals surface area contributed by atoms with Gasteiger partial charge in [-0.2, -0.15) is 0 Å². The molecule has 6 nitrogen and oxygen atoms in total. The maximum absolute atomic E-state index is 6.22. The predicted octanol–water partition coefficient (Wildman–Crippen LogP) is 1.57. The summed E-state index contributed by atoms with van der Waals surface area (Å²) in [5.41, 5.74) is 9.06. The molecule has 114 valence electrons. The van der Waals surface area contributed by atoms with Crippen LogP contribution in [-0.2, 0) is 4.74 Å². The lowest BCUT2D eigenvalue weighted by Crippen LogP contribution is -2.66. The van der Waals surface area contributed by atoms with E-state index in [2.05, 4.69) is 14.9 Å².